The third kappa shape index (κ3) is 7.99. The first-order valence-electron chi connectivity index (χ1n) is 14.5. The number of fused-ring (bicyclic) bond motifs is 2. The normalized spacial score (nSPS) is 16.7. The predicted octanol–water partition coefficient (Wildman–Crippen LogP) is 2.24. The summed E-state index contributed by atoms with van der Waals surface area (Å²) < 4.78 is 5.69. The number of benzene rings is 2. The molecule has 1 N–H and O–H groups in total. The molecule has 5 rings (SSSR count). The van der Waals surface area contributed by atoms with Crippen molar-refractivity contribution in [1.82, 2.24) is 29.6 Å². The number of carbonyl (C=O) groups is 2. The first-order valence-corrected chi connectivity index (χ1v) is 14.5. The third-order valence-corrected chi connectivity index (χ3v) is 7.63. The van der Waals surface area contributed by atoms with Gasteiger partial charge in [-0.25, -0.2) is 4.98 Å². The molecular formula is C32H43N7O4. The first-order chi connectivity index (χ1) is 20.6. The summed E-state index contributed by atoms with van der Waals surface area (Å²) in [7, 11) is 9.37. The molecular weight excluding hydrogens is 546 g/mol. The molecule has 2 aliphatic rings. The number of hydrogen-bond acceptors (Lipinski definition) is 9. The number of aromatic nitrogens is 2. The van der Waals surface area contributed by atoms with Gasteiger partial charge in [0.2, 0.25) is 11.8 Å². The molecule has 0 bridgehead atoms. The molecule has 1 saturated heterocycles. The Morgan fingerprint density at radius 1 is 1.14 bits per heavy atom. The second kappa shape index (κ2) is 14.3. The molecule has 1 fully saturated rings. The topological polar surface area (TPSA) is 106 Å². The third-order valence-electron chi connectivity index (χ3n) is 7.63. The molecule has 0 radical (unpaired) electrons. The van der Waals surface area contributed by atoms with Crippen LogP contribution < -0.4 is 9.64 Å². The minimum absolute atomic E-state index is 0.0400. The molecule has 11 heteroatoms. The second-order valence-corrected chi connectivity index (χ2v) is 11.4. The highest BCUT2D eigenvalue weighted by atomic mass is 16.5. The van der Waals surface area contributed by atoms with E-state index in [9.17, 15) is 14.7 Å². The van der Waals surface area contributed by atoms with E-state index < -0.39 is 0 Å². The van der Waals surface area contributed by atoms with Gasteiger partial charge in [0, 0.05) is 70.2 Å². The maximum Gasteiger partial charge on any atom is 0.316 e. The van der Waals surface area contributed by atoms with Gasteiger partial charge in [-0.1, -0.05) is 30.8 Å². The largest absolute Gasteiger partial charge is 0.508 e. The number of likely N-dealkylation sites (N-methyl/N-ethyl adjacent to an activating group) is 3. The van der Waals surface area contributed by atoms with E-state index in [2.05, 4.69) is 37.3 Å². The van der Waals surface area contributed by atoms with E-state index in [1.54, 1.807) is 25.1 Å². The van der Waals surface area contributed by atoms with E-state index in [-0.39, 0.29) is 23.6 Å². The molecule has 0 saturated carbocycles. The fourth-order valence-electron chi connectivity index (χ4n) is 5.23. The Labute approximate surface area is 254 Å². The highest BCUT2D eigenvalue weighted by Crippen LogP contribution is 2.34. The molecule has 1 unspecified atom stereocenters. The minimum atomic E-state index is -0.390. The quantitative estimate of drug-likeness (QED) is 0.416. The van der Waals surface area contributed by atoms with Crippen LogP contribution in [0.2, 0.25) is 0 Å². The Morgan fingerprint density at radius 2 is 1.91 bits per heavy atom. The van der Waals surface area contributed by atoms with E-state index >= 15 is 0 Å². The summed E-state index contributed by atoms with van der Waals surface area (Å²) in [5.74, 6) is 0.0694. The van der Waals surface area contributed by atoms with Crippen LogP contribution in [0.3, 0.4) is 0 Å². The van der Waals surface area contributed by atoms with Crippen LogP contribution in [0.25, 0.3) is 10.8 Å². The number of ether oxygens (including phenoxy) is 1. The molecule has 3 aromatic rings. The number of aromatic hydroxyl groups is 1. The lowest BCUT2D eigenvalue weighted by Gasteiger charge is -2.39. The van der Waals surface area contributed by atoms with Gasteiger partial charge in [0.25, 0.3) is 0 Å². The zero-order valence-corrected chi connectivity index (χ0v) is 25.9. The van der Waals surface area contributed by atoms with Gasteiger partial charge in [-0.3, -0.25) is 9.59 Å². The molecule has 1 aromatic heterocycles. The van der Waals surface area contributed by atoms with Crippen LogP contribution in [-0.4, -0.2) is 127 Å². The second-order valence-electron chi connectivity index (χ2n) is 11.4. The van der Waals surface area contributed by atoms with Gasteiger partial charge in [-0.15, -0.1) is 0 Å². The number of nitrogens with zero attached hydrogens (tertiary/aromatic N) is 7. The van der Waals surface area contributed by atoms with Gasteiger partial charge in [0.05, 0.1) is 12.2 Å². The molecule has 43 heavy (non-hydrogen) atoms. The number of piperazine rings is 1. The van der Waals surface area contributed by atoms with E-state index in [1.807, 2.05) is 51.6 Å². The highest BCUT2D eigenvalue weighted by molar-refractivity contribution is 5.96. The number of phenolic OH excluding ortho intramolecular Hbond substituents is 1. The Kier molecular flexibility index (Phi) is 10.5. The Bertz CT molecular complexity index is 1440. The predicted molar refractivity (Wildman–Crippen MR) is 168 cm³/mol. The molecule has 2 aliphatic heterocycles. The van der Waals surface area contributed by atoms with Crippen LogP contribution >= 0.6 is 0 Å². The monoisotopic (exact) mass is 589 g/mol. The summed E-state index contributed by atoms with van der Waals surface area (Å²) in [6.07, 6.45) is 4.02. The van der Waals surface area contributed by atoms with Crippen molar-refractivity contribution >= 4 is 28.3 Å². The average Bonchev–Trinajstić information content (AvgIpc) is 2.99. The fourth-order valence-corrected chi connectivity index (χ4v) is 5.23. The molecule has 2 amide bonds. The minimum Gasteiger partial charge on any atom is -0.508 e. The fraction of sp³-hybridized carbons (Fsp3) is 0.438. The van der Waals surface area contributed by atoms with Crippen molar-refractivity contribution in [3.63, 3.8) is 0 Å². The molecule has 0 aliphatic carbocycles. The van der Waals surface area contributed by atoms with E-state index in [0.29, 0.717) is 32.3 Å². The lowest BCUT2D eigenvalue weighted by atomic mass is 10.0. The summed E-state index contributed by atoms with van der Waals surface area (Å²) in [5, 5.41) is 12.3. The first kappa shape index (κ1) is 31.7. The van der Waals surface area contributed by atoms with E-state index in [4.69, 9.17) is 4.74 Å². The van der Waals surface area contributed by atoms with Gasteiger partial charge in [0.15, 0.2) is 0 Å². The van der Waals surface area contributed by atoms with Crippen molar-refractivity contribution in [1.29, 1.82) is 0 Å². The maximum atomic E-state index is 11.9. The van der Waals surface area contributed by atoms with Crippen molar-refractivity contribution in [2.75, 3.05) is 79.5 Å². The smallest absolute Gasteiger partial charge is 0.316 e. The van der Waals surface area contributed by atoms with Crippen molar-refractivity contribution in [3.05, 3.63) is 66.5 Å². The van der Waals surface area contributed by atoms with Crippen LogP contribution in [0.1, 0.15) is 11.3 Å². The molecule has 0 spiro atoms. The van der Waals surface area contributed by atoms with Crippen molar-refractivity contribution < 1.29 is 19.4 Å². The summed E-state index contributed by atoms with van der Waals surface area (Å²) in [4.78, 5) is 42.0. The summed E-state index contributed by atoms with van der Waals surface area (Å²) >= 11 is 0. The number of carbonyl (C=O) groups excluding carboxylic acids is 2. The van der Waals surface area contributed by atoms with Gasteiger partial charge in [-0.05, 0) is 50.7 Å². The molecule has 230 valence electrons. The summed E-state index contributed by atoms with van der Waals surface area (Å²) in [6, 6.07) is 11.8. The number of phenols is 1. The maximum absolute atomic E-state index is 11.9. The van der Waals surface area contributed by atoms with Gasteiger partial charge >= 0.3 is 6.01 Å². The highest BCUT2D eigenvalue weighted by Gasteiger charge is 2.34. The van der Waals surface area contributed by atoms with Crippen LogP contribution in [0.15, 0.2) is 55.3 Å². The molecule has 11 nitrogen and oxygen atoms in total. The Morgan fingerprint density at radius 3 is 2.63 bits per heavy atom. The van der Waals surface area contributed by atoms with Crippen molar-refractivity contribution in [3.8, 4) is 11.8 Å². The zero-order chi connectivity index (χ0) is 31.1. The van der Waals surface area contributed by atoms with Crippen LogP contribution in [0.5, 0.6) is 11.8 Å². The number of anilines is 1. The van der Waals surface area contributed by atoms with Crippen molar-refractivity contribution in [2.45, 2.75) is 19.0 Å². The lowest BCUT2D eigenvalue weighted by molar-refractivity contribution is -0.144. The standard InChI is InChI=1S/C21H24N4O2.C11H19N3O2/c1-24(2)9-10-27-21-22-13-16-7-8-25(14-19(16)23-21)20-12-17(26)11-15-5-3-4-6-18(15)20;1-5-10(15)14-7-6-13(4)8-9(14)11(16)12(2)3/h3-6,11-13,26H,7-10,14H2,1-2H3;5,9H,1,6-8H2,2-4H3. The van der Waals surface area contributed by atoms with Gasteiger partial charge in [-0.2, -0.15) is 4.98 Å². The van der Waals surface area contributed by atoms with Gasteiger partial charge < -0.3 is 34.3 Å². The van der Waals surface area contributed by atoms with Crippen molar-refractivity contribution in [2.24, 2.45) is 0 Å². The lowest BCUT2D eigenvalue weighted by Crippen LogP contribution is -2.59. The number of hydrogen-bond donors (Lipinski definition) is 1. The van der Waals surface area contributed by atoms with Gasteiger partial charge in [0.1, 0.15) is 18.4 Å². The average molecular weight is 590 g/mol. The zero-order valence-electron chi connectivity index (χ0n) is 25.9. The number of rotatable bonds is 7. The Balaban J connectivity index is 0.000000227. The molecule has 3 heterocycles. The Hall–Kier alpha value is -4.22. The molecule has 1 atom stereocenters. The van der Waals surface area contributed by atoms with E-state index in [1.165, 1.54) is 11.0 Å². The number of amides is 2. The van der Waals surface area contributed by atoms with Crippen LogP contribution in [0.4, 0.5) is 5.69 Å². The summed E-state index contributed by atoms with van der Waals surface area (Å²) in [5.41, 5.74) is 3.18. The molecule has 2 aromatic carbocycles. The van der Waals surface area contributed by atoms with Crippen LogP contribution in [0, 0.1) is 0 Å². The summed E-state index contributed by atoms with van der Waals surface area (Å²) in [6.45, 7) is 8.33. The van der Waals surface area contributed by atoms with Crippen LogP contribution in [-0.2, 0) is 22.6 Å². The SMILES string of the molecule is C=CC(=O)N1CCN(C)CC1C(=O)N(C)C.CN(C)CCOc1ncc2c(n1)CN(c1cc(O)cc3ccccc13)CC2. The van der Waals surface area contributed by atoms with E-state index in [0.717, 1.165) is 53.8 Å².